The second-order valence-corrected chi connectivity index (χ2v) is 4.62. The van der Waals surface area contributed by atoms with Gasteiger partial charge in [0.15, 0.2) is 0 Å². The van der Waals surface area contributed by atoms with E-state index in [0.717, 1.165) is 25.2 Å². The third-order valence-electron chi connectivity index (χ3n) is 3.74. The topological polar surface area (TPSA) is 46.2 Å². The number of rotatable bonds is 3. The van der Waals surface area contributed by atoms with Gasteiger partial charge in [0.2, 0.25) is 0 Å². The third kappa shape index (κ3) is 2.44. The van der Waals surface area contributed by atoms with Crippen molar-refractivity contribution in [3.63, 3.8) is 0 Å². The highest BCUT2D eigenvalue weighted by Gasteiger charge is 2.35. The van der Waals surface area contributed by atoms with E-state index in [1.807, 2.05) is 6.92 Å². The maximum absolute atomic E-state index is 10.2. The van der Waals surface area contributed by atoms with Gasteiger partial charge in [0.25, 0.3) is 0 Å². The molecule has 2 nitrogen and oxygen atoms in total. The summed E-state index contributed by atoms with van der Waals surface area (Å²) in [7, 11) is 0. The number of hydrogen-bond donors (Lipinski definition) is 2. The van der Waals surface area contributed by atoms with Gasteiger partial charge >= 0.3 is 0 Å². The lowest BCUT2D eigenvalue weighted by atomic mass is 9.73. The normalized spacial score (nSPS) is 34.2. The summed E-state index contributed by atoms with van der Waals surface area (Å²) in [6.45, 7) is 4.75. The van der Waals surface area contributed by atoms with Crippen LogP contribution in [0, 0.1) is 11.8 Å². The lowest BCUT2D eigenvalue weighted by molar-refractivity contribution is -0.0326. The molecule has 1 atom stereocenters. The standard InChI is InChI=1S/C11H23NO/c1-3-11(13,8-12)10-6-4-9(2)5-7-10/h9-10,13H,3-8,12H2,1-2H3. The Labute approximate surface area is 81.5 Å². The van der Waals surface area contributed by atoms with Crippen molar-refractivity contribution in [1.82, 2.24) is 0 Å². The van der Waals surface area contributed by atoms with E-state index in [1.165, 1.54) is 12.8 Å². The molecule has 0 amide bonds. The van der Waals surface area contributed by atoms with Crippen molar-refractivity contribution in [1.29, 1.82) is 0 Å². The first-order valence-corrected chi connectivity index (χ1v) is 5.55. The molecular weight excluding hydrogens is 162 g/mol. The van der Waals surface area contributed by atoms with Gasteiger partial charge in [-0.25, -0.2) is 0 Å². The zero-order chi connectivity index (χ0) is 9.90. The van der Waals surface area contributed by atoms with E-state index in [4.69, 9.17) is 5.73 Å². The quantitative estimate of drug-likeness (QED) is 0.705. The Morgan fingerprint density at radius 2 is 1.85 bits per heavy atom. The van der Waals surface area contributed by atoms with Crippen molar-refractivity contribution >= 4 is 0 Å². The van der Waals surface area contributed by atoms with Crippen LogP contribution in [0.4, 0.5) is 0 Å². The average Bonchev–Trinajstić information content (AvgIpc) is 2.18. The molecule has 0 aromatic carbocycles. The van der Waals surface area contributed by atoms with Crippen LogP contribution in [0.3, 0.4) is 0 Å². The van der Waals surface area contributed by atoms with Gasteiger partial charge in [-0.1, -0.05) is 26.7 Å². The molecule has 1 saturated carbocycles. The molecule has 0 aliphatic heterocycles. The molecule has 1 unspecified atom stereocenters. The molecule has 1 fully saturated rings. The Bertz CT molecular complexity index is 146. The fraction of sp³-hybridized carbons (Fsp3) is 1.00. The maximum Gasteiger partial charge on any atom is 0.0794 e. The number of hydrogen-bond acceptors (Lipinski definition) is 2. The smallest absolute Gasteiger partial charge is 0.0794 e. The van der Waals surface area contributed by atoms with E-state index in [0.29, 0.717) is 12.5 Å². The zero-order valence-electron chi connectivity index (χ0n) is 8.92. The van der Waals surface area contributed by atoms with Gasteiger partial charge in [-0.15, -0.1) is 0 Å². The first-order valence-electron chi connectivity index (χ1n) is 5.55. The van der Waals surface area contributed by atoms with E-state index in [2.05, 4.69) is 6.92 Å². The lowest BCUT2D eigenvalue weighted by Crippen LogP contribution is -2.45. The summed E-state index contributed by atoms with van der Waals surface area (Å²) >= 11 is 0. The van der Waals surface area contributed by atoms with Crippen molar-refractivity contribution in [3.05, 3.63) is 0 Å². The van der Waals surface area contributed by atoms with E-state index in [9.17, 15) is 5.11 Å². The maximum atomic E-state index is 10.2. The Morgan fingerprint density at radius 3 is 2.23 bits per heavy atom. The summed E-state index contributed by atoms with van der Waals surface area (Å²) in [6, 6.07) is 0. The van der Waals surface area contributed by atoms with Crippen LogP contribution < -0.4 is 5.73 Å². The van der Waals surface area contributed by atoms with Gasteiger partial charge in [0.05, 0.1) is 5.60 Å². The molecule has 13 heavy (non-hydrogen) atoms. The minimum atomic E-state index is -0.583. The monoisotopic (exact) mass is 185 g/mol. The van der Waals surface area contributed by atoms with E-state index >= 15 is 0 Å². The molecule has 0 saturated heterocycles. The van der Waals surface area contributed by atoms with Gasteiger partial charge in [0, 0.05) is 6.54 Å². The lowest BCUT2D eigenvalue weighted by Gasteiger charge is -2.38. The van der Waals surface area contributed by atoms with Crippen LogP contribution in [0.5, 0.6) is 0 Å². The summed E-state index contributed by atoms with van der Waals surface area (Å²) in [6.07, 6.45) is 5.62. The predicted octanol–water partition coefficient (Wildman–Crippen LogP) is 1.91. The van der Waals surface area contributed by atoms with Crippen LogP contribution in [-0.4, -0.2) is 17.3 Å². The molecule has 2 heteroatoms. The van der Waals surface area contributed by atoms with E-state index < -0.39 is 5.60 Å². The van der Waals surface area contributed by atoms with Crippen molar-refractivity contribution in [2.75, 3.05) is 6.54 Å². The number of nitrogens with two attached hydrogens (primary N) is 1. The second-order valence-electron chi connectivity index (χ2n) is 4.62. The summed E-state index contributed by atoms with van der Waals surface area (Å²) in [4.78, 5) is 0. The average molecular weight is 185 g/mol. The molecule has 1 aliphatic rings. The largest absolute Gasteiger partial charge is 0.388 e. The molecule has 0 spiro atoms. The van der Waals surface area contributed by atoms with Gasteiger partial charge in [-0.2, -0.15) is 0 Å². The van der Waals surface area contributed by atoms with Crippen LogP contribution in [0.2, 0.25) is 0 Å². The highest BCUT2D eigenvalue weighted by Crippen LogP contribution is 2.36. The van der Waals surface area contributed by atoms with Crippen molar-refractivity contribution in [2.45, 2.75) is 51.6 Å². The first kappa shape index (κ1) is 11.0. The molecule has 1 aliphatic carbocycles. The Balaban J connectivity index is 2.51. The molecule has 3 N–H and O–H groups in total. The summed E-state index contributed by atoms with van der Waals surface area (Å²) in [5.74, 6) is 1.29. The fourth-order valence-electron chi connectivity index (χ4n) is 2.40. The molecular formula is C11H23NO. The van der Waals surface area contributed by atoms with Gasteiger partial charge in [-0.05, 0) is 31.1 Å². The summed E-state index contributed by atoms with van der Waals surface area (Å²) in [5, 5.41) is 10.2. The van der Waals surface area contributed by atoms with Crippen LogP contribution >= 0.6 is 0 Å². The Kier molecular flexibility index (Phi) is 3.74. The molecule has 0 aromatic rings. The van der Waals surface area contributed by atoms with Crippen LogP contribution in [0.25, 0.3) is 0 Å². The van der Waals surface area contributed by atoms with Crippen LogP contribution in [0.1, 0.15) is 46.0 Å². The third-order valence-corrected chi connectivity index (χ3v) is 3.74. The van der Waals surface area contributed by atoms with Gasteiger partial charge in [-0.3, -0.25) is 0 Å². The van der Waals surface area contributed by atoms with Crippen molar-refractivity contribution in [3.8, 4) is 0 Å². The van der Waals surface area contributed by atoms with Gasteiger partial charge in [0.1, 0.15) is 0 Å². The Morgan fingerprint density at radius 1 is 1.31 bits per heavy atom. The summed E-state index contributed by atoms with van der Waals surface area (Å²) in [5.41, 5.74) is 5.05. The van der Waals surface area contributed by atoms with Crippen LogP contribution in [-0.2, 0) is 0 Å². The second kappa shape index (κ2) is 4.43. The molecule has 0 aromatic heterocycles. The van der Waals surface area contributed by atoms with Crippen LogP contribution in [0.15, 0.2) is 0 Å². The van der Waals surface area contributed by atoms with Crippen molar-refractivity contribution < 1.29 is 5.11 Å². The molecule has 0 radical (unpaired) electrons. The molecule has 0 heterocycles. The SMILES string of the molecule is CCC(O)(CN)C1CCC(C)CC1. The van der Waals surface area contributed by atoms with E-state index in [1.54, 1.807) is 0 Å². The van der Waals surface area contributed by atoms with Crippen molar-refractivity contribution in [2.24, 2.45) is 17.6 Å². The minimum Gasteiger partial charge on any atom is -0.388 e. The Hall–Kier alpha value is -0.0800. The first-order chi connectivity index (χ1) is 6.12. The molecule has 0 bridgehead atoms. The fourth-order valence-corrected chi connectivity index (χ4v) is 2.40. The minimum absolute atomic E-state index is 0.419. The summed E-state index contributed by atoms with van der Waals surface area (Å²) < 4.78 is 0. The molecule has 78 valence electrons. The van der Waals surface area contributed by atoms with Gasteiger partial charge < -0.3 is 10.8 Å². The predicted molar refractivity (Wildman–Crippen MR) is 55.4 cm³/mol. The highest BCUT2D eigenvalue weighted by atomic mass is 16.3. The zero-order valence-corrected chi connectivity index (χ0v) is 8.92. The highest BCUT2D eigenvalue weighted by molar-refractivity contribution is 4.88. The van der Waals surface area contributed by atoms with E-state index in [-0.39, 0.29) is 0 Å². The molecule has 1 rings (SSSR count). The number of aliphatic hydroxyl groups is 1.